The minimum Gasteiger partial charge on any atom is -0.618 e. The lowest BCUT2D eigenvalue weighted by Crippen LogP contribution is -2.34. The topological polar surface area (TPSA) is 98.0 Å². The number of thioether (sulfide) groups is 1. The fraction of sp³-hybridized carbons (Fsp3) is 0.438. The van der Waals surface area contributed by atoms with Crippen LogP contribution in [0.2, 0.25) is 0 Å². The summed E-state index contributed by atoms with van der Waals surface area (Å²) >= 11 is 1.64. The molecule has 0 fully saturated rings. The van der Waals surface area contributed by atoms with Crippen LogP contribution in [-0.2, 0) is 4.79 Å². The van der Waals surface area contributed by atoms with E-state index in [1.807, 2.05) is 6.08 Å². The summed E-state index contributed by atoms with van der Waals surface area (Å²) in [6, 6.07) is 0. The third-order valence-electron chi connectivity index (χ3n) is 5.45. The molecule has 7 nitrogen and oxygen atoms in total. The number of nitrogens with one attached hydrogen (secondary N) is 2. The molecule has 0 unspecified atom stereocenters. The lowest BCUT2D eigenvalue weighted by atomic mass is 10.2. The minimum absolute atomic E-state index is 0.0461. The SMILES string of the molecule is CC/C=C\C/C=C\C/C=C\C/C=C\C/C=C\C/C=C\CCC(=O)NCCSCCNC(=O)c1c[n+]([O-])c(C)cn1. The molecule has 2 amide bonds. The molecule has 0 saturated carbocycles. The van der Waals surface area contributed by atoms with Crippen molar-refractivity contribution < 1.29 is 14.3 Å². The van der Waals surface area contributed by atoms with Gasteiger partial charge in [-0.15, -0.1) is 0 Å². The van der Waals surface area contributed by atoms with E-state index in [1.165, 1.54) is 12.4 Å². The van der Waals surface area contributed by atoms with E-state index >= 15 is 0 Å². The number of hydrogen-bond donors (Lipinski definition) is 2. The second-order valence-electron chi connectivity index (χ2n) is 8.91. The van der Waals surface area contributed by atoms with Crippen molar-refractivity contribution in [3.63, 3.8) is 0 Å². The van der Waals surface area contributed by atoms with Crippen LogP contribution in [-0.4, -0.2) is 41.4 Å². The molecule has 218 valence electrons. The second-order valence-corrected chi connectivity index (χ2v) is 10.1. The Hall–Kier alpha value is -3.39. The Kier molecular flexibility index (Phi) is 21.3. The molecule has 0 aliphatic rings. The van der Waals surface area contributed by atoms with Crippen LogP contribution in [0.3, 0.4) is 0 Å². The average Bonchev–Trinajstić information content (AvgIpc) is 2.95. The highest BCUT2D eigenvalue weighted by atomic mass is 32.2. The first-order valence-electron chi connectivity index (χ1n) is 14.1. The highest BCUT2D eigenvalue weighted by molar-refractivity contribution is 7.99. The summed E-state index contributed by atoms with van der Waals surface area (Å²) in [6.45, 7) is 4.84. The Morgan fingerprint density at radius 3 is 1.85 bits per heavy atom. The Balaban J connectivity index is 1.95. The van der Waals surface area contributed by atoms with Crippen molar-refractivity contribution >= 4 is 23.6 Å². The fourth-order valence-electron chi connectivity index (χ4n) is 3.22. The van der Waals surface area contributed by atoms with Gasteiger partial charge in [0.1, 0.15) is 0 Å². The van der Waals surface area contributed by atoms with Crippen molar-refractivity contribution in [3.8, 4) is 0 Å². The van der Waals surface area contributed by atoms with Crippen molar-refractivity contribution in [1.29, 1.82) is 0 Å². The Bertz CT molecular complexity index is 1030. The van der Waals surface area contributed by atoms with Gasteiger partial charge >= 0.3 is 0 Å². The maximum absolute atomic E-state index is 12.0. The predicted molar refractivity (Wildman–Crippen MR) is 168 cm³/mol. The Morgan fingerprint density at radius 1 is 0.825 bits per heavy atom. The number of hydrogen-bond acceptors (Lipinski definition) is 5. The Morgan fingerprint density at radius 2 is 1.32 bits per heavy atom. The van der Waals surface area contributed by atoms with E-state index in [-0.39, 0.29) is 17.5 Å². The van der Waals surface area contributed by atoms with Gasteiger partial charge in [0.05, 0.1) is 6.20 Å². The summed E-state index contributed by atoms with van der Waals surface area (Å²) in [6.07, 6.45) is 35.6. The maximum atomic E-state index is 12.0. The van der Waals surface area contributed by atoms with Crippen LogP contribution in [0.4, 0.5) is 0 Å². The highest BCUT2D eigenvalue weighted by Gasteiger charge is 2.11. The quantitative estimate of drug-likeness (QED) is 0.0813. The third-order valence-corrected chi connectivity index (χ3v) is 6.43. The number of nitrogens with zero attached hydrogens (tertiary/aromatic N) is 2. The largest absolute Gasteiger partial charge is 0.618 e. The summed E-state index contributed by atoms with van der Waals surface area (Å²) < 4.78 is 0.626. The van der Waals surface area contributed by atoms with Crippen LogP contribution in [0.25, 0.3) is 0 Å². The Labute approximate surface area is 244 Å². The van der Waals surface area contributed by atoms with E-state index in [0.29, 0.717) is 35.7 Å². The minimum atomic E-state index is -0.368. The molecule has 1 heterocycles. The number of carbonyl (C=O) groups is 2. The molecule has 1 aromatic rings. The van der Waals surface area contributed by atoms with Gasteiger partial charge in [-0.1, -0.05) is 79.8 Å². The summed E-state index contributed by atoms with van der Waals surface area (Å²) in [5, 5.41) is 17.2. The second kappa shape index (κ2) is 24.6. The van der Waals surface area contributed by atoms with Crippen LogP contribution >= 0.6 is 11.8 Å². The molecule has 0 bridgehead atoms. The molecule has 2 N–H and O–H groups in total. The highest BCUT2D eigenvalue weighted by Crippen LogP contribution is 2.00. The molecular formula is C32H46N4O3S. The van der Waals surface area contributed by atoms with Crippen LogP contribution in [0.15, 0.2) is 85.3 Å². The average molecular weight is 567 g/mol. The van der Waals surface area contributed by atoms with E-state index in [4.69, 9.17) is 0 Å². The zero-order chi connectivity index (χ0) is 29.1. The van der Waals surface area contributed by atoms with Crippen molar-refractivity contribution in [1.82, 2.24) is 15.6 Å². The predicted octanol–water partition coefficient (Wildman–Crippen LogP) is 6.08. The van der Waals surface area contributed by atoms with Crippen molar-refractivity contribution in [2.24, 2.45) is 0 Å². The molecule has 0 aliphatic carbocycles. The lowest BCUT2D eigenvalue weighted by Gasteiger charge is -2.06. The van der Waals surface area contributed by atoms with Crippen LogP contribution in [0.5, 0.6) is 0 Å². The van der Waals surface area contributed by atoms with Gasteiger partial charge in [0.15, 0.2) is 5.69 Å². The zero-order valence-electron chi connectivity index (χ0n) is 24.1. The van der Waals surface area contributed by atoms with Crippen LogP contribution in [0.1, 0.15) is 74.5 Å². The van der Waals surface area contributed by atoms with Gasteiger partial charge in [0, 0.05) is 37.9 Å². The molecule has 0 aromatic carbocycles. The molecule has 1 rings (SSSR count). The van der Waals surface area contributed by atoms with E-state index in [0.717, 1.165) is 50.7 Å². The van der Waals surface area contributed by atoms with Gasteiger partial charge in [0.2, 0.25) is 17.8 Å². The smallest absolute Gasteiger partial charge is 0.276 e. The normalized spacial score (nSPS) is 12.2. The number of aromatic nitrogens is 2. The molecule has 40 heavy (non-hydrogen) atoms. The fourth-order valence-corrected chi connectivity index (χ4v) is 3.91. The third kappa shape index (κ3) is 19.6. The molecule has 0 aliphatic heterocycles. The van der Waals surface area contributed by atoms with E-state index in [9.17, 15) is 14.8 Å². The van der Waals surface area contributed by atoms with Crippen LogP contribution < -0.4 is 15.4 Å². The van der Waals surface area contributed by atoms with Crippen LogP contribution in [0, 0.1) is 12.1 Å². The van der Waals surface area contributed by atoms with E-state index < -0.39 is 0 Å². The molecule has 1 aromatic heterocycles. The first kappa shape index (κ1) is 34.6. The van der Waals surface area contributed by atoms with Gasteiger partial charge in [-0.05, 0) is 44.9 Å². The standard InChI is InChI=1S/C32H46N4O3S/c1-3-4-5-6-7-8-9-10-11-12-13-14-15-16-17-18-19-20-21-22-31(37)33-23-25-40-26-24-34-32(38)30-28-36(39)29(2)27-35-30/h4-5,7-8,10-11,13-14,16-17,19-20,27-28H,3,6,9,12,15,18,21-26H2,1-2H3,(H,33,37)(H,34,38)/b5-4-,8-7-,11-10-,14-13-,17-16-,20-19-. The number of amides is 2. The molecule has 0 radical (unpaired) electrons. The molecule has 8 heteroatoms. The monoisotopic (exact) mass is 566 g/mol. The van der Waals surface area contributed by atoms with E-state index in [2.05, 4.69) is 89.4 Å². The van der Waals surface area contributed by atoms with Gasteiger partial charge in [-0.3, -0.25) is 9.59 Å². The first-order chi connectivity index (χ1) is 19.5. The summed E-state index contributed by atoms with van der Waals surface area (Å²) in [5.41, 5.74) is 0.538. The maximum Gasteiger partial charge on any atom is 0.276 e. The number of allylic oxidation sites excluding steroid dienone is 12. The van der Waals surface area contributed by atoms with Crippen molar-refractivity contribution in [3.05, 3.63) is 102 Å². The first-order valence-corrected chi connectivity index (χ1v) is 15.3. The van der Waals surface area contributed by atoms with Gasteiger partial charge in [-0.25, -0.2) is 4.98 Å². The van der Waals surface area contributed by atoms with E-state index in [1.54, 1.807) is 18.7 Å². The van der Waals surface area contributed by atoms with Crippen molar-refractivity contribution in [2.75, 3.05) is 24.6 Å². The summed E-state index contributed by atoms with van der Waals surface area (Å²) in [7, 11) is 0. The molecule has 0 atom stereocenters. The molecule has 0 spiro atoms. The van der Waals surface area contributed by atoms with Gasteiger partial charge in [-0.2, -0.15) is 16.5 Å². The molecule has 0 saturated heterocycles. The number of aryl methyl sites for hydroxylation is 1. The van der Waals surface area contributed by atoms with Gasteiger partial charge in [0.25, 0.3) is 5.91 Å². The van der Waals surface area contributed by atoms with Crippen molar-refractivity contribution in [2.45, 2.75) is 65.2 Å². The van der Waals surface area contributed by atoms with Gasteiger partial charge < -0.3 is 15.8 Å². The molecular weight excluding hydrogens is 520 g/mol. The summed E-state index contributed by atoms with van der Waals surface area (Å²) in [5.74, 6) is 1.16. The number of carbonyl (C=O) groups excluding carboxylic acids is 2. The zero-order valence-corrected chi connectivity index (χ0v) is 24.9. The number of rotatable bonds is 21. The summed E-state index contributed by atoms with van der Waals surface area (Å²) in [4.78, 5) is 27.9. The lowest BCUT2D eigenvalue weighted by molar-refractivity contribution is -0.613.